The van der Waals surface area contributed by atoms with Crippen LogP contribution in [-0.2, 0) is 5.41 Å². The Labute approximate surface area is 351 Å². The van der Waals surface area contributed by atoms with Gasteiger partial charge in [-0.15, -0.1) is 0 Å². The quantitative estimate of drug-likeness (QED) is 0.168. The summed E-state index contributed by atoms with van der Waals surface area (Å²) in [7, 11) is 0. The van der Waals surface area contributed by atoms with Crippen LogP contribution in [0, 0.1) is 13.8 Å². The molecule has 10 aromatic rings. The third kappa shape index (κ3) is 5.68. The molecule has 0 bridgehead atoms. The zero-order valence-electron chi connectivity index (χ0n) is 32.4. The maximum absolute atomic E-state index is 6.54. The number of aromatic nitrogens is 3. The molecule has 8 aromatic carbocycles. The lowest BCUT2D eigenvalue weighted by molar-refractivity contribution is 0.669. The van der Waals surface area contributed by atoms with Gasteiger partial charge in [0.05, 0.1) is 5.41 Å². The average Bonchev–Trinajstić information content (AvgIpc) is 3.81. The van der Waals surface area contributed by atoms with E-state index in [4.69, 9.17) is 19.4 Å². The first-order valence-corrected chi connectivity index (χ1v) is 20.7. The molecule has 2 heterocycles. The van der Waals surface area contributed by atoms with Crippen molar-refractivity contribution >= 4 is 37.9 Å². The lowest BCUT2D eigenvalue weighted by Crippen LogP contribution is -2.28. The first kappa shape index (κ1) is 35.2. The van der Waals surface area contributed by atoms with E-state index in [1.807, 2.05) is 72.8 Å². The Morgan fingerprint density at radius 2 is 1.02 bits per heavy atom. The third-order valence-corrected chi connectivity index (χ3v) is 12.5. The Morgan fingerprint density at radius 1 is 0.441 bits per heavy atom. The molecular formula is C54H36BrN3O. The molecule has 11 rings (SSSR count). The van der Waals surface area contributed by atoms with Gasteiger partial charge in [0, 0.05) is 37.5 Å². The Balaban J connectivity index is 1.11. The van der Waals surface area contributed by atoms with E-state index in [-0.39, 0.29) is 0 Å². The first-order valence-electron chi connectivity index (χ1n) is 19.9. The molecule has 0 saturated carbocycles. The Morgan fingerprint density at radius 3 is 1.66 bits per heavy atom. The summed E-state index contributed by atoms with van der Waals surface area (Å²) in [5.41, 5.74) is 16.0. The standard InChI is InChI=1S/C54H36BrN3O/c1-33-19-25-39(26-20-33)54(40-27-21-34(2)22-28-40)44-29-23-37(31-42(44)50-45(54)16-10-17-46(50)55)38-24-30-47-43(32-38)49-41(15-9-18-48(49)59-47)53-57-51(35-11-5-3-6-12-35)56-52(58-53)36-13-7-4-8-14-36/h3-32H,1-2H3. The summed E-state index contributed by atoms with van der Waals surface area (Å²) in [5, 5.41) is 1.98. The average molecular weight is 823 g/mol. The molecule has 0 fully saturated rings. The lowest BCUT2D eigenvalue weighted by atomic mass is 9.67. The van der Waals surface area contributed by atoms with Crippen molar-refractivity contribution in [1.82, 2.24) is 15.0 Å². The molecule has 59 heavy (non-hydrogen) atoms. The summed E-state index contributed by atoms with van der Waals surface area (Å²) < 4.78 is 7.62. The van der Waals surface area contributed by atoms with E-state index in [1.165, 1.54) is 44.5 Å². The number of benzene rings is 8. The van der Waals surface area contributed by atoms with E-state index >= 15 is 0 Å². The van der Waals surface area contributed by atoms with Crippen molar-refractivity contribution in [2.24, 2.45) is 0 Å². The van der Waals surface area contributed by atoms with Crippen LogP contribution in [-0.4, -0.2) is 15.0 Å². The second kappa shape index (κ2) is 13.9. The van der Waals surface area contributed by atoms with Gasteiger partial charge in [-0.3, -0.25) is 0 Å². The molecule has 0 unspecified atom stereocenters. The van der Waals surface area contributed by atoms with Gasteiger partial charge in [0.25, 0.3) is 0 Å². The second-order valence-electron chi connectivity index (χ2n) is 15.4. The van der Waals surface area contributed by atoms with Gasteiger partial charge in [0.1, 0.15) is 11.2 Å². The van der Waals surface area contributed by atoms with Gasteiger partial charge in [-0.05, 0) is 83.1 Å². The summed E-state index contributed by atoms with van der Waals surface area (Å²) in [6.07, 6.45) is 0. The van der Waals surface area contributed by atoms with Gasteiger partial charge in [0.15, 0.2) is 17.5 Å². The van der Waals surface area contributed by atoms with Gasteiger partial charge in [-0.1, -0.05) is 179 Å². The molecule has 0 radical (unpaired) electrons. The fraction of sp³-hybridized carbons (Fsp3) is 0.0556. The molecule has 0 spiro atoms. The largest absolute Gasteiger partial charge is 0.456 e. The van der Waals surface area contributed by atoms with E-state index in [1.54, 1.807) is 0 Å². The highest BCUT2D eigenvalue weighted by Crippen LogP contribution is 2.58. The zero-order chi connectivity index (χ0) is 39.7. The van der Waals surface area contributed by atoms with E-state index in [0.717, 1.165) is 54.2 Å². The topological polar surface area (TPSA) is 51.8 Å². The van der Waals surface area contributed by atoms with Crippen LogP contribution >= 0.6 is 15.9 Å². The number of aryl methyl sites for hydroxylation is 2. The van der Waals surface area contributed by atoms with Crippen LogP contribution in [0.4, 0.5) is 0 Å². The number of rotatable bonds is 6. The predicted molar refractivity (Wildman–Crippen MR) is 243 cm³/mol. The van der Waals surface area contributed by atoms with Crippen molar-refractivity contribution in [2.45, 2.75) is 19.3 Å². The maximum atomic E-state index is 6.54. The number of fused-ring (bicyclic) bond motifs is 6. The molecule has 280 valence electrons. The van der Waals surface area contributed by atoms with E-state index in [9.17, 15) is 0 Å². The molecular weight excluding hydrogens is 787 g/mol. The van der Waals surface area contributed by atoms with Crippen LogP contribution in [0.2, 0.25) is 0 Å². The molecule has 1 aliphatic rings. The van der Waals surface area contributed by atoms with Crippen molar-refractivity contribution in [3.63, 3.8) is 0 Å². The summed E-state index contributed by atoms with van der Waals surface area (Å²) in [5.74, 6) is 1.84. The molecule has 1 aliphatic carbocycles. The normalized spacial score (nSPS) is 12.8. The number of halogens is 1. The highest BCUT2D eigenvalue weighted by molar-refractivity contribution is 9.10. The lowest BCUT2D eigenvalue weighted by Gasteiger charge is -2.34. The van der Waals surface area contributed by atoms with Crippen molar-refractivity contribution < 1.29 is 4.42 Å². The molecule has 0 amide bonds. The van der Waals surface area contributed by atoms with Crippen molar-refractivity contribution in [1.29, 1.82) is 0 Å². The first-order chi connectivity index (χ1) is 29.0. The predicted octanol–water partition coefficient (Wildman–Crippen LogP) is 14.2. The molecule has 0 saturated heterocycles. The zero-order valence-corrected chi connectivity index (χ0v) is 34.0. The Kier molecular flexibility index (Phi) is 8.28. The van der Waals surface area contributed by atoms with Gasteiger partial charge in [-0.2, -0.15) is 0 Å². The third-order valence-electron chi connectivity index (χ3n) is 11.8. The maximum Gasteiger partial charge on any atom is 0.164 e. The highest BCUT2D eigenvalue weighted by Gasteiger charge is 2.46. The molecule has 4 nitrogen and oxygen atoms in total. The van der Waals surface area contributed by atoms with Crippen molar-refractivity contribution in [3.8, 4) is 56.4 Å². The van der Waals surface area contributed by atoms with Crippen molar-refractivity contribution in [2.75, 3.05) is 0 Å². The Bertz CT molecular complexity index is 3120. The van der Waals surface area contributed by atoms with Gasteiger partial charge in [-0.25, -0.2) is 15.0 Å². The summed E-state index contributed by atoms with van der Waals surface area (Å²) in [6.45, 7) is 4.30. The van der Waals surface area contributed by atoms with Gasteiger partial charge >= 0.3 is 0 Å². The minimum Gasteiger partial charge on any atom is -0.456 e. The number of hydrogen-bond acceptors (Lipinski definition) is 4. The molecule has 0 N–H and O–H groups in total. The fourth-order valence-corrected chi connectivity index (χ4v) is 9.61. The molecule has 5 heteroatoms. The van der Waals surface area contributed by atoms with E-state index in [0.29, 0.717) is 17.5 Å². The summed E-state index contributed by atoms with van der Waals surface area (Å²) in [4.78, 5) is 15.1. The molecule has 0 aliphatic heterocycles. The van der Waals surface area contributed by atoms with Crippen LogP contribution in [0.3, 0.4) is 0 Å². The van der Waals surface area contributed by atoms with Crippen LogP contribution in [0.5, 0.6) is 0 Å². The highest BCUT2D eigenvalue weighted by atomic mass is 79.9. The molecule has 0 atom stereocenters. The van der Waals surface area contributed by atoms with Crippen molar-refractivity contribution in [3.05, 3.63) is 220 Å². The number of hydrogen-bond donors (Lipinski definition) is 0. The second-order valence-corrected chi connectivity index (χ2v) is 16.3. The van der Waals surface area contributed by atoms with Crippen LogP contribution in [0.1, 0.15) is 33.4 Å². The monoisotopic (exact) mass is 821 g/mol. The van der Waals surface area contributed by atoms with Crippen LogP contribution < -0.4 is 0 Å². The van der Waals surface area contributed by atoms with Crippen LogP contribution in [0.15, 0.2) is 191 Å². The number of nitrogens with zero attached hydrogens (tertiary/aromatic N) is 3. The molecule has 2 aromatic heterocycles. The Hall–Kier alpha value is -6.95. The smallest absolute Gasteiger partial charge is 0.164 e. The van der Waals surface area contributed by atoms with E-state index in [2.05, 4.69) is 139 Å². The van der Waals surface area contributed by atoms with Crippen LogP contribution in [0.25, 0.3) is 78.4 Å². The van der Waals surface area contributed by atoms with Gasteiger partial charge in [0.2, 0.25) is 0 Å². The summed E-state index contributed by atoms with van der Waals surface area (Å²) in [6, 6.07) is 64.6. The minimum absolute atomic E-state index is 0.490. The van der Waals surface area contributed by atoms with E-state index < -0.39 is 5.41 Å². The summed E-state index contributed by atoms with van der Waals surface area (Å²) >= 11 is 4.01. The number of furan rings is 1. The fourth-order valence-electron chi connectivity index (χ4n) is 9.03. The SMILES string of the molecule is Cc1ccc(C2(c3ccc(C)cc3)c3ccc(-c4ccc5oc6cccc(-c7nc(-c8ccccc8)nc(-c8ccccc8)n7)c6c5c4)cc3-c3c(Br)cccc32)cc1. The van der Waals surface area contributed by atoms with Gasteiger partial charge < -0.3 is 4.42 Å². The minimum atomic E-state index is -0.490.